The van der Waals surface area contributed by atoms with Gasteiger partial charge in [-0.05, 0) is 43.1 Å². The molecule has 72 valence electrons. The van der Waals surface area contributed by atoms with E-state index in [2.05, 4.69) is 0 Å². The standard InChI is InChI=1S/C10H15ClN2/c11-10-3-1-8(2-4-10)5-9(6-12)7-13/h1-4,9H,5-7,12-13H2. The van der Waals surface area contributed by atoms with Crippen LogP contribution < -0.4 is 11.5 Å². The molecule has 0 fully saturated rings. The summed E-state index contributed by atoms with van der Waals surface area (Å²) in [5, 5.41) is 0.765. The molecular weight excluding hydrogens is 184 g/mol. The summed E-state index contributed by atoms with van der Waals surface area (Å²) in [4.78, 5) is 0. The lowest BCUT2D eigenvalue weighted by Gasteiger charge is -2.11. The summed E-state index contributed by atoms with van der Waals surface area (Å²) >= 11 is 5.77. The lowest BCUT2D eigenvalue weighted by atomic mass is 10.00. The highest BCUT2D eigenvalue weighted by atomic mass is 35.5. The molecule has 0 spiro atoms. The van der Waals surface area contributed by atoms with E-state index in [0.717, 1.165) is 11.4 Å². The van der Waals surface area contributed by atoms with Crippen LogP contribution in [0.3, 0.4) is 0 Å². The molecule has 0 radical (unpaired) electrons. The number of halogens is 1. The summed E-state index contributed by atoms with van der Waals surface area (Å²) in [6.07, 6.45) is 0.935. The maximum atomic E-state index is 5.77. The van der Waals surface area contributed by atoms with Crippen molar-refractivity contribution in [2.24, 2.45) is 17.4 Å². The summed E-state index contributed by atoms with van der Waals surface area (Å²) in [7, 11) is 0. The van der Waals surface area contributed by atoms with Crippen LogP contribution in [0, 0.1) is 5.92 Å². The second kappa shape index (κ2) is 5.22. The van der Waals surface area contributed by atoms with Gasteiger partial charge in [-0.15, -0.1) is 0 Å². The minimum atomic E-state index is 0.376. The van der Waals surface area contributed by atoms with Crippen LogP contribution in [0.4, 0.5) is 0 Å². The summed E-state index contributed by atoms with van der Waals surface area (Å²) in [6, 6.07) is 7.81. The molecule has 0 heterocycles. The van der Waals surface area contributed by atoms with Crippen molar-refractivity contribution >= 4 is 11.6 Å². The summed E-state index contributed by atoms with van der Waals surface area (Å²) in [5.41, 5.74) is 12.4. The SMILES string of the molecule is NCC(CN)Cc1ccc(Cl)cc1. The highest BCUT2D eigenvalue weighted by Gasteiger charge is 2.04. The molecule has 1 rings (SSSR count). The molecular formula is C10H15ClN2. The molecule has 2 nitrogen and oxygen atoms in total. The van der Waals surface area contributed by atoms with Crippen LogP contribution in [0.25, 0.3) is 0 Å². The Bertz CT molecular complexity index is 242. The molecule has 0 saturated carbocycles. The second-order valence-corrected chi connectivity index (χ2v) is 3.60. The molecule has 0 atom stereocenters. The molecule has 1 aromatic carbocycles. The molecule has 13 heavy (non-hydrogen) atoms. The molecule has 0 saturated heterocycles. The Labute approximate surface area is 83.9 Å². The van der Waals surface area contributed by atoms with E-state index in [1.54, 1.807) is 0 Å². The van der Waals surface area contributed by atoms with Gasteiger partial charge in [-0.2, -0.15) is 0 Å². The van der Waals surface area contributed by atoms with Gasteiger partial charge in [0, 0.05) is 5.02 Å². The van der Waals surface area contributed by atoms with Crippen molar-refractivity contribution in [1.82, 2.24) is 0 Å². The highest BCUT2D eigenvalue weighted by Crippen LogP contribution is 2.12. The smallest absolute Gasteiger partial charge is 0.0406 e. The first kappa shape index (κ1) is 10.5. The van der Waals surface area contributed by atoms with Crippen molar-refractivity contribution in [3.8, 4) is 0 Å². The Morgan fingerprint density at radius 1 is 1.08 bits per heavy atom. The van der Waals surface area contributed by atoms with Crippen molar-refractivity contribution in [3.63, 3.8) is 0 Å². The predicted octanol–water partition coefficient (Wildman–Crippen LogP) is 1.42. The Kier molecular flexibility index (Phi) is 4.22. The predicted molar refractivity (Wildman–Crippen MR) is 56.8 cm³/mol. The summed E-state index contributed by atoms with van der Waals surface area (Å²) in [6.45, 7) is 1.28. The normalized spacial score (nSPS) is 10.8. The van der Waals surface area contributed by atoms with Crippen molar-refractivity contribution in [2.75, 3.05) is 13.1 Å². The fourth-order valence-electron chi connectivity index (χ4n) is 1.22. The fraction of sp³-hybridized carbons (Fsp3) is 0.400. The molecule has 3 heteroatoms. The molecule has 0 unspecified atom stereocenters. The van der Waals surface area contributed by atoms with Crippen LogP contribution in [0.5, 0.6) is 0 Å². The second-order valence-electron chi connectivity index (χ2n) is 3.17. The Balaban J connectivity index is 2.58. The van der Waals surface area contributed by atoms with Crippen LogP contribution in [0.2, 0.25) is 5.02 Å². The Morgan fingerprint density at radius 3 is 2.08 bits per heavy atom. The van der Waals surface area contributed by atoms with Crippen LogP contribution in [0.15, 0.2) is 24.3 Å². The topological polar surface area (TPSA) is 52.0 Å². The number of nitrogens with two attached hydrogens (primary N) is 2. The average molecular weight is 199 g/mol. The highest BCUT2D eigenvalue weighted by molar-refractivity contribution is 6.30. The summed E-state index contributed by atoms with van der Waals surface area (Å²) < 4.78 is 0. The first-order chi connectivity index (χ1) is 6.26. The van der Waals surface area contributed by atoms with Gasteiger partial charge in [-0.3, -0.25) is 0 Å². The molecule has 0 amide bonds. The molecule has 0 aliphatic carbocycles. The zero-order valence-electron chi connectivity index (χ0n) is 7.54. The van der Waals surface area contributed by atoms with Gasteiger partial charge < -0.3 is 11.5 Å². The van der Waals surface area contributed by atoms with Gasteiger partial charge in [-0.1, -0.05) is 23.7 Å². The minimum Gasteiger partial charge on any atom is -0.330 e. The number of benzene rings is 1. The maximum Gasteiger partial charge on any atom is 0.0406 e. The van der Waals surface area contributed by atoms with E-state index >= 15 is 0 Å². The zero-order chi connectivity index (χ0) is 9.68. The van der Waals surface area contributed by atoms with E-state index in [9.17, 15) is 0 Å². The summed E-state index contributed by atoms with van der Waals surface area (Å²) in [5.74, 6) is 0.376. The van der Waals surface area contributed by atoms with Crippen LogP contribution >= 0.6 is 11.6 Å². The third-order valence-electron chi connectivity index (χ3n) is 2.10. The fourth-order valence-corrected chi connectivity index (χ4v) is 1.34. The Morgan fingerprint density at radius 2 is 1.62 bits per heavy atom. The van der Waals surface area contributed by atoms with E-state index < -0.39 is 0 Å². The minimum absolute atomic E-state index is 0.376. The van der Waals surface area contributed by atoms with Crippen molar-refractivity contribution in [1.29, 1.82) is 0 Å². The third kappa shape index (κ3) is 3.35. The number of hydrogen-bond acceptors (Lipinski definition) is 2. The van der Waals surface area contributed by atoms with Gasteiger partial charge in [0.1, 0.15) is 0 Å². The zero-order valence-corrected chi connectivity index (χ0v) is 8.30. The molecule has 0 aliphatic heterocycles. The van der Waals surface area contributed by atoms with Gasteiger partial charge in [0.25, 0.3) is 0 Å². The van der Waals surface area contributed by atoms with Crippen LogP contribution in [-0.2, 0) is 6.42 Å². The first-order valence-electron chi connectivity index (χ1n) is 4.41. The van der Waals surface area contributed by atoms with Gasteiger partial charge in [0.15, 0.2) is 0 Å². The van der Waals surface area contributed by atoms with Crippen LogP contribution in [0.1, 0.15) is 5.56 Å². The lowest BCUT2D eigenvalue weighted by molar-refractivity contribution is 0.548. The van der Waals surface area contributed by atoms with Crippen molar-refractivity contribution in [3.05, 3.63) is 34.9 Å². The van der Waals surface area contributed by atoms with E-state index in [1.807, 2.05) is 24.3 Å². The lowest BCUT2D eigenvalue weighted by Crippen LogP contribution is -2.25. The van der Waals surface area contributed by atoms with Crippen LogP contribution in [-0.4, -0.2) is 13.1 Å². The first-order valence-corrected chi connectivity index (χ1v) is 4.78. The van der Waals surface area contributed by atoms with Gasteiger partial charge in [0.05, 0.1) is 0 Å². The van der Waals surface area contributed by atoms with E-state index in [4.69, 9.17) is 23.1 Å². The maximum absolute atomic E-state index is 5.77. The van der Waals surface area contributed by atoms with Gasteiger partial charge in [0.2, 0.25) is 0 Å². The molecule has 0 aliphatic rings. The Hall–Kier alpha value is -0.570. The quantitative estimate of drug-likeness (QED) is 0.769. The molecule has 4 N–H and O–H groups in total. The largest absolute Gasteiger partial charge is 0.330 e. The van der Waals surface area contributed by atoms with Gasteiger partial charge >= 0.3 is 0 Å². The van der Waals surface area contributed by atoms with E-state index in [1.165, 1.54) is 5.56 Å². The average Bonchev–Trinajstić information content (AvgIpc) is 2.17. The van der Waals surface area contributed by atoms with E-state index in [0.29, 0.717) is 19.0 Å². The monoisotopic (exact) mass is 198 g/mol. The number of hydrogen-bond donors (Lipinski definition) is 2. The van der Waals surface area contributed by atoms with E-state index in [-0.39, 0.29) is 0 Å². The van der Waals surface area contributed by atoms with Crippen molar-refractivity contribution in [2.45, 2.75) is 6.42 Å². The van der Waals surface area contributed by atoms with Crippen molar-refractivity contribution < 1.29 is 0 Å². The van der Waals surface area contributed by atoms with Gasteiger partial charge in [-0.25, -0.2) is 0 Å². The molecule has 0 bridgehead atoms. The third-order valence-corrected chi connectivity index (χ3v) is 2.36. The molecule has 1 aromatic rings. The number of rotatable bonds is 4. The molecule has 0 aromatic heterocycles.